The van der Waals surface area contributed by atoms with Gasteiger partial charge in [0.25, 0.3) is 0 Å². The number of carbonyl (C=O) groups excluding carboxylic acids is 3. The van der Waals surface area contributed by atoms with Crippen LogP contribution in [0.4, 0.5) is 0 Å². The molecule has 1 aromatic rings. The molecule has 0 saturated heterocycles. The number of allylic oxidation sites excluding steroid dienone is 2. The number of carbonyl (C=O) groups is 3. The molecule has 3 atom stereocenters. The molecule has 1 aliphatic rings. The van der Waals surface area contributed by atoms with Crippen molar-refractivity contribution in [2.45, 2.75) is 64.6 Å². The number of rotatable bonds is 13. The van der Waals surface area contributed by atoms with Gasteiger partial charge in [-0.3, -0.25) is 14.4 Å². The summed E-state index contributed by atoms with van der Waals surface area (Å²) in [6, 6.07) is 7.22. The Bertz CT molecular complexity index is 866. The first-order valence-electron chi connectivity index (χ1n) is 12.0. The van der Waals surface area contributed by atoms with Crippen molar-refractivity contribution in [3.63, 3.8) is 0 Å². The van der Waals surface area contributed by atoms with Gasteiger partial charge in [0.2, 0.25) is 11.8 Å². The van der Waals surface area contributed by atoms with E-state index in [2.05, 4.69) is 18.5 Å². The van der Waals surface area contributed by atoms with Crippen molar-refractivity contribution in [2.24, 2.45) is 11.8 Å². The van der Waals surface area contributed by atoms with Crippen molar-refractivity contribution < 1.29 is 24.2 Å². The monoisotopic (exact) mass is 470 g/mol. The molecule has 0 aliphatic carbocycles. The van der Waals surface area contributed by atoms with Crippen molar-refractivity contribution in [2.75, 3.05) is 13.2 Å². The number of nitrogens with zero attached hydrogens (tertiary/aromatic N) is 1. The van der Waals surface area contributed by atoms with Gasteiger partial charge in [-0.1, -0.05) is 50.3 Å². The first-order valence-corrected chi connectivity index (χ1v) is 12.0. The minimum Gasteiger partial charge on any atom is -0.463 e. The average molecular weight is 471 g/mol. The fourth-order valence-electron chi connectivity index (χ4n) is 4.03. The van der Waals surface area contributed by atoms with Gasteiger partial charge in [-0.15, -0.1) is 13.2 Å². The topological polar surface area (TPSA) is 95.9 Å². The van der Waals surface area contributed by atoms with E-state index < -0.39 is 5.92 Å². The first kappa shape index (κ1) is 27.3. The second-order valence-electron chi connectivity index (χ2n) is 9.13. The molecule has 0 radical (unpaired) electrons. The summed E-state index contributed by atoms with van der Waals surface area (Å²) in [5.41, 5.74) is 2.19. The second-order valence-corrected chi connectivity index (χ2v) is 9.13. The van der Waals surface area contributed by atoms with Gasteiger partial charge in [0.05, 0.1) is 24.6 Å². The van der Waals surface area contributed by atoms with Gasteiger partial charge in [0.1, 0.15) is 6.61 Å². The number of benzene rings is 1. The summed E-state index contributed by atoms with van der Waals surface area (Å²) in [6.07, 6.45) is 5.02. The van der Waals surface area contributed by atoms with Gasteiger partial charge in [-0.2, -0.15) is 0 Å². The molecule has 7 heteroatoms. The molecular weight excluding hydrogens is 432 g/mol. The molecule has 1 aliphatic heterocycles. The van der Waals surface area contributed by atoms with E-state index in [1.165, 1.54) is 0 Å². The number of hydrogen-bond donors (Lipinski definition) is 2. The molecule has 1 aromatic carbocycles. The Kier molecular flexibility index (Phi) is 11.0. The molecule has 34 heavy (non-hydrogen) atoms. The van der Waals surface area contributed by atoms with Gasteiger partial charge in [0, 0.05) is 19.4 Å². The standard InChI is InChI=1S/C27H38N2O5/c1-5-7-13-26(32)34-18-24(19(3)4)28-27(33)21(10-6-2)15-25(31)29-16-22-12-9-8-11-20(22)14-23(29)17-30/h5-6,8-9,11-12,19,21,23-24,30H,1-2,7,10,13-18H2,3-4H3,(H,28,33)/t21-,23+,24-/m1/s1. The molecule has 0 bridgehead atoms. The summed E-state index contributed by atoms with van der Waals surface area (Å²) in [5, 5.41) is 12.8. The number of nitrogens with one attached hydrogen (secondary N) is 1. The maximum atomic E-state index is 13.2. The summed E-state index contributed by atoms with van der Waals surface area (Å²) >= 11 is 0. The second kappa shape index (κ2) is 13.7. The Morgan fingerprint density at radius 2 is 1.91 bits per heavy atom. The number of esters is 1. The van der Waals surface area contributed by atoms with Gasteiger partial charge < -0.3 is 20.1 Å². The maximum absolute atomic E-state index is 13.2. The summed E-state index contributed by atoms with van der Waals surface area (Å²) in [6.45, 7) is 11.6. The maximum Gasteiger partial charge on any atom is 0.306 e. The third kappa shape index (κ3) is 7.83. The molecular formula is C27H38N2O5. The van der Waals surface area contributed by atoms with E-state index in [0.29, 0.717) is 25.8 Å². The highest BCUT2D eigenvalue weighted by atomic mass is 16.5. The number of fused-ring (bicyclic) bond motifs is 1. The van der Waals surface area contributed by atoms with E-state index in [1.807, 2.05) is 38.1 Å². The number of amides is 2. The fraction of sp³-hybridized carbons (Fsp3) is 0.519. The molecule has 0 spiro atoms. The molecule has 2 amide bonds. The zero-order valence-corrected chi connectivity index (χ0v) is 20.4. The molecule has 0 aromatic heterocycles. The van der Waals surface area contributed by atoms with Crippen LogP contribution >= 0.6 is 0 Å². The van der Waals surface area contributed by atoms with Crippen molar-refractivity contribution in [3.8, 4) is 0 Å². The van der Waals surface area contributed by atoms with E-state index in [4.69, 9.17) is 4.74 Å². The minimum atomic E-state index is -0.598. The Balaban J connectivity index is 2.03. The van der Waals surface area contributed by atoms with Crippen LogP contribution in [-0.2, 0) is 32.1 Å². The van der Waals surface area contributed by atoms with Crippen LogP contribution in [0.25, 0.3) is 0 Å². The van der Waals surface area contributed by atoms with Gasteiger partial charge >= 0.3 is 5.97 Å². The third-order valence-electron chi connectivity index (χ3n) is 6.24. The first-order chi connectivity index (χ1) is 16.3. The Hall–Kier alpha value is -2.93. The van der Waals surface area contributed by atoms with E-state index in [9.17, 15) is 19.5 Å². The van der Waals surface area contributed by atoms with E-state index in [-0.39, 0.29) is 61.8 Å². The van der Waals surface area contributed by atoms with Crippen LogP contribution in [0.2, 0.25) is 0 Å². The van der Waals surface area contributed by atoms with E-state index in [1.54, 1.807) is 17.1 Å². The van der Waals surface area contributed by atoms with Gasteiger partial charge in [-0.25, -0.2) is 0 Å². The summed E-state index contributed by atoms with van der Waals surface area (Å²) in [7, 11) is 0. The van der Waals surface area contributed by atoms with Crippen LogP contribution in [0.15, 0.2) is 49.6 Å². The highest BCUT2D eigenvalue weighted by molar-refractivity contribution is 5.86. The molecule has 0 unspecified atom stereocenters. The number of hydrogen-bond acceptors (Lipinski definition) is 5. The van der Waals surface area contributed by atoms with E-state index in [0.717, 1.165) is 11.1 Å². The highest BCUT2D eigenvalue weighted by Gasteiger charge is 2.32. The summed E-state index contributed by atoms with van der Waals surface area (Å²) in [4.78, 5) is 39.9. The third-order valence-corrected chi connectivity index (χ3v) is 6.24. The smallest absolute Gasteiger partial charge is 0.306 e. The summed E-state index contributed by atoms with van der Waals surface area (Å²) in [5.74, 6) is -1.34. The van der Waals surface area contributed by atoms with E-state index >= 15 is 0 Å². The van der Waals surface area contributed by atoms with Crippen LogP contribution < -0.4 is 5.32 Å². The number of aliphatic hydroxyl groups excluding tert-OH is 1. The van der Waals surface area contributed by atoms with Crippen LogP contribution in [-0.4, -0.2) is 53.1 Å². The predicted octanol–water partition coefficient (Wildman–Crippen LogP) is 3.16. The van der Waals surface area contributed by atoms with Crippen LogP contribution in [0, 0.1) is 11.8 Å². The van der Waals surface area contributed by atoms with Crippen molar-refractivity contribution in [1.82, 2.24) is 10.2 Å². The molecule has 186 valence electrons. The number of ether oxygens (including phenoxy) is 1. The molecule has 7 nitrogen and oxygen atoms in total. The van der Waals surface area contributed by atoms with Gasteiger partial charge in [-0.05, 0) is 36.3 Å². The summed E-state index contributed by atoms with van der Waals surface area (Å²) < 4.78 is 5.32. The largest absolute Gasteiger partial charge is 0.463 e. The van der Waals surface area contributed by atoms with Crippen LogP contribution in [0.1, 0.15) is 50.7 Å². The zero-order valence-electron chi connectivity index (χ0n) is 20.4. The molecule has 1 heterocycles. The fourth-order valence-corrected chi connectivity index (χ4v) is 4.03. The zero-order chi connectivity index (χ0) is 25.1. The quantitative estimate of drug-likeness (QED) is 0.341. The molecule has 0 fully saturated rings. The number of aliphatic hydroxyl groups is 1. The average Bonchev–Trinajstić information content (AvgIpc) is 2.83. The van der Waals surface area contributed by atoms with Crippen molar-refractivity contribution in [3.05, 3.63) is 60.7 Å². The normalized spacial score (nSPS) is 16.8. The van der Waals surface area contributed by atoms with Crippen molar-refractivity contribution in [1.29, 1.82) is 0 Å². The van der Waals surface area contributed by atoms with Crippen molar-refractivity contribution >= 4 is 17.8 Å². The lowest BCUT2D eigenvalue weighted by molar-refractivity contribution is -0.145. The predicted molar refractivity (Wildman–Crippen MR) is 132 cm³/mol. The Morgan fingerprint density at radius 1 is 1.21 bits per heavy atom. The Labute approximate surface area is 202 Å². The lowest BCUT2D eigenvalue weighted by atomic mass is 9.92. The molecule has 2 N–H and O–H groups in total. The van der Waals surface area contributed by atoms with Crippen LogP contribution in [0.3, 0.4) is 0 Å². The molecule has 2 rings (SSSR count). The minimum absolute atomic E-state index is 0.0143. The Morgan fingerprint density at radius 3 is 2.53 bits per heavy atom. The highest BCUT2D eigenvalue weighted by Crippen LogP contribution is 2.25. The van der Waals surface area contributed by atoms with Crippen LogP contribution in [0.5, 0.6) is 0 Å². The molecule has 0 saturated carbocycles. The lowest BCUT2D eigenvalue weighted by Gasteiger charge is -2.36. The SMILES string of the molecule is C=CCCC(=O)OC[C@@H](NC(=O)[C@H](CC=C)CC(=O)N1Cc2ccccc2C[C@H]1CO)C(C)C. The van der Waals surface area contributed by atoms with Gasteiger partial charge in [0.15, 0.2) is 0 Å². The lowest BCUT2D eigenvalue weighted by Crippen LogP contribution is -2.49.